The van der Waals surface area contributed by atoms with Gasteiger partial charge in [0.1, 0.15) is 0 Å². The summed E-state index contributed by atoms with van der Waals surface area (Å²) in [5.41, 5.74) is 0.458. The number of aromatic hydroxyl groups is 1. The fourth-order valence-corrected chi connectivity index (χ4v) is 2.23. The Bertz CT molecular complexity index is 407. The molecule has 1 atom stereocenters. The highest BCUT2D eigenvalue weighted by molar-refractivity contribution is 5.27. The van der Waals surface area contributed by atoms with E-state index in [1.54, 1.807) is 6.20 Å². The van der Waals surface area contributed by atoms with Crippen molar-refractivity contribution in [2.24, 2.45) is 5.92 Å². The molecule has 1 aromatic heterocycles. The van der Waals surface area contributed by atoms with Crippen LogP contribution in [0.5, 0.6) is 5.75 Å². The lowest BCUT2D eigenvalue weighted by atomic mass is 10.0. The van der Waals surface area contributed by atoms with Crippen LogP contribution in [0, 0.1) is 5.92 Å². The minimum Gasteiger partial charge on any atom is -0.503 e. The number of aromatic nitrogens is 1. The quantitative estimate of drug-likeness (QED) is 0.852. The minimum absolute atomic E-state index is 0.0934. The molecule has 1 rings (SSSR count). The van der Waals surface area contributed by atoms with Crippen molar-refractivity contribution < 1.29 is 5.11 Å². The Labute approximate surface area is 96.7 Å². The van der Waals surface area contributed by atoms with Gasteiger partial charge in [0.2, 0.25) is 5.43 Å². The van der Waals surface area contributed by atoms with Gasteiger partial charge in [0, 0.05) is 18.3 Å². The predicted octanol–water partition coefficient (Wildman–Crippen LogP) is 2.72. The van der Waals surface area contributed by atoms with E-state index >= 15 is 0 Å². The summed E-state index contributed by atoms with van der Waals surface area (Å²) in [5, 5.41) is 9.77. The van der Waals surface area contributed by atoms with Gasteiger partial charge in [-0.05, 0) is 18.8 Å². The van der Waals surface area contributed by atoms with Crippen LogP contribution in [0.4, 0.5) is 0 Å². The van der Waals surface area contributed by atoms with Crippen LogP contribution in [0.25, 0.3) is 0 Å². The Morgan fingerprint density at radius 3 is 2.44 bits per heavy atom. The van der Waals surface area contributed by atoms with Gasteiger partial charge in [0.15, 0.2) is 5.75 Å². The summed E-state index contributed by atoms with van der Waals surface area (Å²) in [6, 6.07) is 1.78. The van der Waals surface area contributed by atoms with Crippen LogP contribution in [0.3, 0.4) is 0 Å². The molecule has 0 fully saturated rings. The standard InChI is InChI=1S/C13H21NO2/c1-5-10(9(3)4)14-8-7-12(15)13(16)11(14)6-2/h7-10,16H,5-6H2,1-4H3/t10-/m1/s1. The van der Waals surface area contributed by atoms with Gasteiger partial charge in [-0.1, -0.05) is 27.7 Å². The molecule has 3 heteroatoms. The first kappa shape index (κ1) is 12.8. The maximum atomic E-state index is 11.4. The van der Waals surface area contributed by atoms with E-state index in [4.69, 9.17) is 0 Å². The van der Waals surface area contributed by atoms with Gasteiger partial charge < -0.3 is 9.67 Å². The monoisotopic (exact) mass is 223 g/mol. The molecule has 0 aliphatic carbocycles. The van der Waals surface area contributed by atoms with Crippen LogP contribution in [0.1, 0.15) is 45.9 Å². The first-order valence-electron chi connectivity index (χ1n) is 5.95. The molecule has 0 aromatic carbocycles. The summed E-state index contributed by atoms with van der Waals surface area (Å²) < 4.78 is 2.04. The van der Waals surface area contributed by atoms with Crippen LogP contribution in [-0.4, -0.2) is 9.67 Å². The normalized spacial score (nSPS) is 13.1. The van der Waals surface area contributed by atoms with Crippen LogP contribution in [0.15, 0.2) is 17.1 Å². The number of pyridine rings is 1. The summed E-state index contributed by atoms with van der Waals surface area (Å²) in [7, 11) is 0. The van der Waals surface area contributed by atoms with Gasteiger partial charge in [0.05, 0.1) is 5.69 Å². The zero-order chi connectivity index (χ0) is 12.3. The highest BCUT2D eigenvalue weighted by Gasteiger charge is 2.17. The van der Waals surface area contributed by atoms with Crippen molar-refractivity contribution >= 4 is 0 Å². The molecular formula is C13H21NO2. The fourth-order valence-electron chi connectivity index (χ4n) is 2.23. The van der Waals surface area contributed by atoms with E-state index in [1.165, 1.54) is 6.07 Å². The lowest BCUT2D eigenvalue weighted by Gasteiger charge is -2.26. The topological polar surface area (TPSA) is 42.2 Å². The number of nitrogens with zero attached hydrogens (tertiary/aromatic N) is 1. The average Bonchev–Trinajstić information content (AvgIpc) is 2.24. The van der Waals surface area contributed by atoms with Crippen LogP contribution in [-0.2, 0) is 6.42 Å². The summed E-state index contributed by atoms with van der Waals surface area (Å²) in [4.78, 5) is 11.4. The number of rotatable bonds is 4. The molecule has 0 aliphatic rings. The molecule has 3 nitrogen and oxygen atoms in total. The maximum absolute atomic E-state index is 11.4. The van der Waals surface area contributed by atoms with Crippen molar-refractivity contribution in [3.8, 4) is 5.75 Å². The molecule has 0 spiro atoms. The van der Waals surface area contributed by atoms with Crippen molar-refractivity contribution in [1.29, 1.82) is 0 Å². The molecule has 0 unspecified atom stereocenters. The summed E-state index contributed by atoms with van der Waals surface area (Å²) in [6.07, 6.45) is 3.47. The molecule has 1 N–H and O–H groups in total. The highest BCUT2D eigenvalue weighted by atomic mass is 16.3. The van der Waals surface area contributed by atoms with E-state index in [9.17, 15) is 9.90 Å². The van der Waals surface area contributed by atoms with E-state index in [1.807, 2.05) is 11.5 Å². The average molecular weight is 223 g/mol. The molecule has 0 bridgehead atoms. The lowest BCUT2D eigenvalue weighted by Crippen LogP contribution is -2.20. The minimum atomic E-state index is -0.285. The van der Waals surface area contributed by atoms with Gasteiger partial charge in [-0.25, -0.2) is 0 Å². The fraction of sp³-hybridized carbons (Fsp3) is 0.615. The van der Waals surface area contributed by atoms with Crippen molar-refractivity contribution in [2.75, 3.05) is 0 Å². The lowest BCUT2D eigenvalue weighted by molar-refractivity contribution is 0.345. The molecule has 0 amide bonds. The summed E-state index contributed by atoms with van der Waals surface area (Å²) in [5.74, 6) is 0.390. The molecule has 1 aromatic rings. The second-order valence-corrected chi connectivity index (χ2v) is 4.46. The number of hydrogen-bond acceptors (Lipinski definition) is 2. The molecule has 90 valence electrons. The van der Waals surface area contributed by atoms with E-state index < -0.39 is 0 Å². The zero-order valence-electron chi connectivity index (χ0n) is 10.5. The van der Waals surface area contributed by atoms with E-state index in [0.717, 1.165) is 12.1 Å². The SMILES string of the molecule is CCc1c(O)c(=O)ccn1[C@H](CC)C(C)C. The zero-order valence-corrected chi connectivity index (χ0v) is 10.5. The second kappa shape index (κ2) is 5.19. The van der Waals surface area contributed by atoms with Crippen LogP contribution in [0.2, 0.25) is 0 Å². The third-order valence-corrected chi connectivity index (χ3v) is 3.08. The summed E-state index contributed by atoms with van der Waals surface area (Å²) in [6.45, 7) is 8.39. The summed E-state index contributed by atoms with van der Waals surface area (Å²) >= 11 is 0. The largest absolute Gasteiger partial charge is 0.503 e. The first-order valence-corrected chi connectivity index (χ1v) is 5.95. The highest BCUT2D eigenvalue weighted by Crippen LogP contribution is 2.25. The Morgan fingerprint density at radius 1 is 1.38 bits per heavy atom. The maximum Gasteiger partial charge on any atom is 0.223 e. The Kier molecular flexibility index (Phi) is 4.16. The number of hydrogen-bond donors (Lipinski definition) is 1. The van der Waals surface area contributed by atoms with Crippen molar-refractivity contribution in [2.45, 2.75) is 46.6 Å². The van der Waals surface area contributed by atoms with Crippen molar-refractivity contribution in [1.82, 2.24) is 4.57 Å². The van der Waals surface area contributed by atoms with Gasteiger partial charge >= 0.3 is 0 Å². The van der Waals surface area contributed by atoms with E-state index in [0.29, 0.717) is 18.4 Å². The van der Waals surface area contributed by atoms with Gasteiger partial charge in [-0.15, -0.1) is 0 Å². The molecule has 0 aliphatic heterocycles. The van der Waals surface area contributed by atoms with Crippen LogP contribution < -0.4 is 5.43 Å². The molecule has 0 saturated carbocycles. The van der Waals surface area contributed by atoms with Crippen LogP contribution >= 0.6 is 0 Å². The van der Waals surface area contributed by atoms with Gasteiger partial charge in [-0.3, -0.25) is 4.79 Å². The van der Waals surface area contributed by atoms with Crippen molar-refractivity contribution in [3.05, 3.63) is 28.2 Å². The second-order valence-electron chi connectivity index (χ2n) is 4.46. The smallest absolute Gasteiger partial charge is 0.223 e. The molecule has 0 saturated heterocycles. The van der Waals surface area contributed by atoms with E-state index in [-0.39, 0.29) is 11.2 Å². The Morgan fingerprint density at radius 2 is 2.00 bits per heavy atom. The Hall–Kier alpha value is -1.25. The van der Waals surface area contributed by atoms with Gasteiger partial charge in [0.25, 0.3) is 0 Å². The molecule has 16 heavy (non-hydrogen) atoms. The predicted molar refractivity (Wildman–Crippen MR) is 65.9 cm³/mol. The third-order valence-electron chi connectivity index (χ3n) is 3.08. The molecule has 0 radical (unpaired) electrons. The molecule has 1 heterocycles. The first-order chi connectivity index (χ1) is 7.52. The van der Waals surface area contributed by atoms with E-state index in [2.05, 4.69) is 20.8 Å². The Balaban J connectivity index is 3.33. The van der Waals surface area contributed by atoms with Gasteiger partial charge in [-0.2, -0.15) is 0 Å². The van der Waals surface area contributed by atoms with Crippen molar-refractivity contribution in [3.63, 3.8) is 0 Å². The molecular weight excluding hydrogens is 202 g/mol. The third kappa shape index (κ3) is 2.29.